The molecule has 0 saturated carbocycles. The van der Waals surface area contributed by atoms with E-state index >= 15 is 0 Å². The van der Waals surface area contributed by atoms with E-state index in [1.807, 2.05) is 48.5 Å². The standard InChI is InChI=1S/2C20H18N2.C6H6O2/c2*1-20(2,3)15-8-6-7-14-13(15)11-12-18-19(14)22-17-10-5-4-9-16(17)21-18;7-5-2-1-3-6(8)4-5/h2*4-12H,1-3H3;1-4,7-8H. The molecule has 6 heteroatoms. The number of rotatable bonds is 0. The molecule has 9 aromatic rings. The molecular weight excluding hydrogens is 641 g/mol. The van der Waals surface area contributed by atoms with Crippen LogP contribution in [0.4, 0.5) is 0 Å². The minimum absolute atomic E-state index is 0.0880. The van der Waals surface area contributed by atoms with Crippen molar-refractivity contribution in [3.05, 3.63) is 145 Å². The minimum Gasteiger partial charge on any atom is -0.508 e. The Balaban J connectivity index is 0.000000134. The molecule has 52 heavy (non-hydrogen) atoms. The van der Waals surface area contributed by atoms with Crippen LogP contribution >= 0.6 is 0 Å². The van der Waals surface area contributed by atoms with E-state index in [0.29, 0.717) is 0 Å². The van der Waals surface area contributed by atoms with Gasteiger partial charge in [-0.05, 0) is 81.3 Å². The quantitative estimate of drug-likeness (QED) is 0.122. The molecule has 0 aliphatic carbocycles. The molecule has 0 fully saturated rings. The van der Waals surface area contributed by atoms with Crippen LogP contribution in [0.2, 0.25) is 0 Å². The molecule has 2 N–H and O–H groups in total. The highest BCUT2D eigenvalue weighted by molar-refractivity contribution is 6.08. The van der Waals surface area contributed by atoms with Gasteiger partial charge in [-0.1, -0.05) is 120 Å². The second kappa shape index (κ2) is 13.5. The number of para-hydroxylation sites is 4. The highest BCUT2D eigenvalue weighted by atomic mass is 16.3. The summed E-state index contributed by atoms with van der Waals surface area (Å²) in [5, 5.41) is 22.2. The first kappa shape index (κ1) is 34.3. The van der Waals surface area contributed by atoms with E-state index in [1.54, 1.807) is 6.07 Å². The maximum atomic E-state index is 8.65. The summed E-state index contributed by atoms with van der Waals surface area (Å²) >= 11 is 0. The molecule has 7 aromatic carbocycles. The van der Waals surface area contributed by atoms with Crippen LogP contribution in [0.25, 0.3) is 65.7 Å². The Bertz CT molecular complexity index is 2560. The minimum atomic E-state index is 0.0880. The lowest BCUT2D eigenvalue weighted by Crippen LogP contribution is -2.11. The van der Waals surface area contributed by atoms with Crippen LogP contribution in [0, 0.1) is 0 Å². The lowest BCUT2D eigenvalue weighted by atomic mass is 9.83. The fourth-order valence-corrected chi connectivity index (χ4v) is 6.68. The molecule has 0 radical (unpaired) electrons. The van der Waals surface area contributed by atoms with Gasteiger partial charge in [-0.3, -0.25) is 0 Å². The van der Waals surface area contributed by atoms with Gasteiger partial charge in [0.25, 0.3) is 0 Å². The third-order valence-electron chi connectivity index (χ3n) is 9.18. The predicted octanol–water partition coefficient (Wildman–Crippen LogP) is 11.6. The monoisotopic (exact) mass is 682 g/mol. The fourth-order valence-electron chi connectivity index (χ4n) is 6.68. The van der Waals surface area contributed by atoms with Crippen molar-refractivity contribution < 1.29 is 10.2 Å². The summed E-state index contributed by atoms with van der Waals surface area (Å²) in [4.78, 5) is 19.2. The summed E-state index contributed by atoms with van der Waals surface area (Å²) in [7, 11) is 0. The Morgan fingerprint density at radius 2 is 0.712 bits per heavy atom. The van der Waals surface area contributed by atoms with E-state index in [9.17, 15) is 0 Å². The normalized spacial score (nSPS) is 11.8. The molecule has 6 nitrogen and oxygen atoms in total. The summed E-state index contributed by atoms with van der Waals surface area (Å²) in [5.74, 6) is 0.176. The second-order valence-corrected chi connectivity index (χ2v) is 15.1. The number of phenols is 2. The van der Waals surface area contributed by atoms with Crippen molar-refractivity contribution in [1.82, 2.24) is 19.9 Å². The SMILES string of the molecule is CC(C)(C)c1cccc2c1ccc1nc3ccccc3nc12.CC(C)(C)c1cccc2c1ccc1nc3ccccc3nc12.Oc1cccc(O)c1. The molecule has 0 unspecified atom stereocenters. The molecule has 2 aromatic heterocycles. The van der Waals surface area contributed by atoms with Crippen LogP contribution in [0.3, 0.4) is 0 Å². The predicted molar refractivity (Wildman–Crippen MR) is 216 cm³/mol. The average molecular weight is 683 g/mol. The van der Waals surface area contributed by atoms with Crippen LogP contribution in [0.15, 0.2) is 133 Å². The van der Waals surface area contributed by atoms with E-state index in [-0.39, 0.29) is 22.3 Å². The Kier molecular flexibility index (Phi) is 8.93. The molecule has 0 aliphatic rings. The molecule has 258 valence electrons. The summed E-state index contributed by atoms with van der Waals surface area (Å²) in [5.41, 5.74) is 10.6. The lowest BCUT2D eigenvalue weighted by Gasteiger charge is -2.21. The molecule has 0 atom stereocenters. The zero-order chi connectivity index (χ0) is 36.6. The zero-order valence-corrected chi connectivity index (χ0v) is 30.4. The van der Waals surface area contributed by atoms with Crippen LogP contribution in [-0.2, 0) is 10.8 Å². The van der Waals surface area contributed by atoms with Gasteiger partial charge in [-0.25, -0.2) is 19.9 Å². The van der Waals surface area contributed by atoms with Gasteiger partial charge in [0.2, 0.25) is 0 Å². The van der Waals surface area contributed by atoms with Gasteiger partial charge < -0.3 is 10.2 Å². The number of hydrogen-bond acceptors (Lipinski definition) is 6. The summed E-state index contributed by atoms with van der Waals surface area (Å²) in [6.07, 6.45) is 0. The van der Waals surface area contributed by atoms with Crippen molar-refractivity contribution in [2.45, 2.75) is 52.4 Å². The number of fused-ring (bicyclic) bond motifs is 8. The van der Waals surface area contributed by atoms with Gasteiger partial charge in [-0.15, -0.1) is 0 Å². The van der Waals surface area contributed by atoms with Gasteiger partial charge in [0.15, 0.2) is 0 Å². The van der Waals surface area contributed by atoms with E-state index in [4.69, 9.17) is 30.1 Å². The summed E-state index contributed by atoms with van der Waals surface area (Å²) in [6.45, 7) is 13.5. The van der Waals surface area contributed by atoms with Gasteiger partial charge in [0.1, 0.15) is 11.5 Å². The van der Waals surface area contributed by atoms with Crippen molar-refractivity contribution >= 4 is 65.7 Å². The van der Waals surface area contributed by atoms with Crippen molar-refractivity contribution in [3.8, 4) is 11.5 Å². The van der Waals surface area contributed by atoms with Crippen LogP contribution in [0.1, 0.15) is 52.7 Å². The topological polar surface area (TPSA) is 92.0 Å². The largest absolute Gasteiger partial charge is 0.508 e. The third kappa shape index (κ3) is 6.93. The molecule has 0 spiro atoms. The molecule has 0 saturated heterocycles. The maximum absolute atomic E-state index is 8.65. The zero-order valence-electron chi connectivity index (χ0n) is 30.4. The summed E-state index contributed by atoms with van der Waals surface area (Å²) in [6, 6.07) is 43.5. The van der Waals surface area contributed by atoms with Gasteiger partial charge in [0.05, 0.1) is 44.1 Å². The van der Waals surface area contributed by atoms with Crippen molar-refractivity contribution in [2.24, 2.45) is 0 Å². The molecule has 0 bridgehead atoms. The average Bonchev–Trinajstić information content (AvgIpc) is 3.12. The Morgan fingerprint density at radius 3 is 1.06 bits per heavy atom. The Hall–Kier alpha value is -6.14. The Labute approximate surface area is 303 Å². The first-order chi connectivity index (χ1) is 24.9. The number of hydrogen-bond donors (Lipinski definition) is 2. The number of nitrogens with zero attached hydrogens (tertiary/aromatic N) is 4. The lowest BCUT2D eigenvalue weighted by molar-refractivity contribution is 0.450. The van der Waals surface area contributed by atoms with Gasteiger partial charge in [-0.2, -0.15) is 0 Å². The number of benzene rings is 7. The van der Waals surface area contributed by atoms with Gasteiger partial charge >= 0.3 is 0 Å². The van der Waals surface area contributed by atoms with E-state index in [1.165, 1.54) is 50.9 Å². The first-order valence-electron chi connectivity index (χ1n) is 17.5. The maximum Gasteiger partial charge on any atom is 0.119 e. The summed E-state index contributed by atoms with van der Waals surface area (Å²) < 4.78 is 0. The van der Waals surface area contributed by atoms with E-state index in [2.05, 4.69) is 102 Å². The Morgan fingerprint density at radius 1 is 0.346 bits per heavy atom. The number of aromatic nitrogens is 4. The molecule has 0 amide bonds. The number of aromatic hydroxyl groups is 2. The van der Waals surface area contributed by atoms with Gasteiger partial charge in [0, 0.05) is 16.8 Å². The molecule has 2 heterocycles. The van der Waals surface area contributed by atoms with Crippen LogP contribution < -0.4 is 0 Å². The number of phenolic OH excluding ortho intramolecular Hbond substituents is 2. The first-order valence-corrected chi connectivity index (χ1v) is 17.5. The molecular formula is C46H42N4O2. The molecule has 0 aliphatic heterocycles. The smallest absolute Gasteiger partial charge is 0.119 e. The highest BCUT2D eigenvalue weighted by Crippen LogP contribution is 2.35. The van der Waals surface area contributed by atoms with Crippen LogP contribution in [0.5, 0.6) is 11.5 Å². The van der Waals surface area contributed by atoms with Crippen molar-refractivity contribution in [2.75, 3.05) is 0 Å². The van der Waals surface area contributed by atoms with E-state index < -0.39 is 0 Å². The fraction of sp³-hybridized carbons (Fsp3) is 0.174. The third-order valence-corrected chi connectivity index (χ3v) is 9.18. The van der Waals surface area contributed by atoms with Crippen LogP contribution in [-0.4, -0.2) is 30.1 Å². The van der Waals surface area contributed by atoms with Crippen molar-refractivity contribution in [1.29, 1.82) is 0 Å². The highest BCUT2D eigenvalue weighted by Gasteiger charge is 2.19. The molecule has 9 rings (SSSR count). The van der Waals surface area contributed by atoms with Crippen molar-refractivity contribution in [3.63, 3.8) is 0 Å². The second-order valence-electron chi connectivity index (χ2n) is 15.1. The van der Waals surface area contributed by atoms with E-state index in [0.717, 1.165) is 44.1 Å².